The number of nitrogens with zero attached hydrogens (tertiary/aromatic N) is 6. The Kier molecular flexibility index (Phi) is 6.43. The van der Waals surface area contributed by atoms with Crippen molar-refractivity contribution in [2.75, 3.05) is 67.2 Å². The minimum atomic E-state index is -3.71. The summed E-state index contributed by atoms with van der Waals surface area (Å²) in [7, 11) is -3.71. The molecule has 0 saturated carbocycles. The highest BCUT2D eigenvalue weighted by Gasteiger charge is 2.32. The van der Waals surface area contributed by atoms with Crippen molar-refractivity contribution in [3.8, 4) is 0 Å². The number of carbonyl (C=O) groups excluding carboxylic acids is 2. The average molecular weight is 501 g/mol. The molecule has 0 bridgehead atoms. The minimum absolute atomic E-state index is 0.140. The van der Waals surface area contributed by atoms with Crippen LogP contribution in [0.5, 0.6) is 0 Å². The molecule has 3 fully saturated rings. The topological polar surface area (TPSA) is 116 Å². The summed E-state index contributed by atoms with van der Waals surface area (Å²) in [6, 6.07) is 7.90. The van der Waals surface area contributed by atoms with Gasteiger partial charge in [0.05, 0.1) is 23.8 Å². The van der Waals surface area contributed by atoms with Gasteiger partial charge in [0.1, 0.15) is 17.5 Å². The Morgan fingerprint density at radius 1 is 0.800 bits per heavy atom. The van der Waals surface area contributed by atoms with Crippen molar-refractivity contribution in [2.45, 2.75) is 24.7 Å². The van der Waals surface area contributed by atoms with Crippen molar-refractivity contribution in [1.29, 1.82) is 0 Å². The maximum absolute atomic E-state index is 13.2. The lowest BCUT2D eigenvalue weighted by molar-refractivity contribution is -0.121. The van der Waals surface area contributed by atoms with E-state index in [9.17, 15) is 18.0 Å². The van der Waals surface area contributed by atoms with Gasteiger partial charge in [-0.2, -0.15) is 4.31 Å². The summed E-state index contributed by atoms with van der Waals surface area (Å²) in [6.07, 6.45) is 0.367. The van der Waals surface area contributed by atoms with Gasteiger partial charge in [-0.25, -0.2) is 18.4 Å². The molecule has 1 aromatic carbocycles. The quantitative estimate of drug-likeness (QED) is 0.549. The summed E-state index contributed by atoms with van der Waals surface area (Å²) >= 11 is 0. The number of carbonyl (C=O) groups is 2. The molecule has 3 aliphatic rings. The summed E-state index contributed by atoms with van der Waals surface area (Å²) in [6.45, 7) is 6.41. The number of ether oxygens (including phenoxy) is 1. The van der Waals surface area contributed by atoms with Crippen LogP contribution in [0, 0.1) is 6.92 Å². The fourth-order valence-corrected chi connectivity index (χ4v) is 6.01. The highest BCUT2D eigenvalue weighted by molar-refractivity contribution is 7.89. The Hall–Kier alpha value is -3.09. The number of hydrogen-bond donors (Lipinski definition) is 0. The smallest absolute Gasteiger partial charge is 0.243 e. The number of morpholine rings is 1. The number of anilines is 3. The first kappa shape index (κ1) is 23.6. The summed E-state index contributed by atoms with van der Waals surface area (Å²) in [5.74, 6) is 1.80. The van der Waals surface area contributed by atoms with Crippen LogP contribution in [0.2, 0.25) is 0 Å². The van der Waals surface area contributed by atoms with Gasteiger partial charge in [0, 0.05) is 58.2 Å². The highest BCUT2D eigenvalue weighted by atomic mass is 32.2. The molecule has 3 aliphatic heterocycles. The van der Waals surface area contributed by atoms with Crippen molar-refractivity contribution >= 4 is 39.2 Å². The number of amides is 2. The summed E-state index contributed by atoms with van der Waals surface area (Å²) in [4.78, 5) is 38.6. The molecule has 12 heteroatoms. The number of sulfonamides is 1. The summed E-state index contributed by atoms with van der Waals surface area (Å²) in [5.41, 5.74) is 0.400. The molecule has 2 aromatic rings. The first-order valence-corrected chi connectivity index (χ1v) is 13.2. The van der Waals surface area contributed by atoms with Crippen molar-refractivity contribution in [3.05, 3.63) is 36.2 Å². The van der Waals surface area contributed by atoms with Crippen LogP contribution < -0.4 is 14.7 Å². The Labute approximate surface area is 204 Å². The lowest BCUT2D eigenvalue weighted by Gasteiger charge is -2.35. The third-order valence-corrected chi connectivity index (χ3v) is 8.41. The first-order chi connectivity index (χ1) is 16.8. The Morgan fingerprint density at radius 2 is 1.34 bits per heavy atom. The van der Waals surface area contributed by atoms with Crippen LogP contribution in [0.15, 0.2) is 35.2 Å². The van der Waals surface area contributed by atoms with E-state index in [1.54, 1.807) is 0 Å². The van der Waals surface area contributed by atoms with Crippen LogP contribution in [0.1, 0.15) is 18.7 Å². The molecule has 0 N–H and O–H groups in total. The van der Waals surface area contributed by atoms with Gasteiger partial charge >= 0.3 is 0 Å². The van der Waals surface area contributed by atoms with Crippen LogP contribution in [-0.2, 0) is 24.3 Å². The lowest BCUT2D eigenvalue weighted by Crippen LogP contribution is -2.49. The van der Waals surface area contributed by atoms with Gasteiger partial charge in [0.25, 0.3) is 0 Å². The van der Waals surface area contributed by atoms with Crippen LogP contribution >= 0.6 is 0 Å². The fraction of sp³-hybridized carbons (Fsp3) is 0.478. The normalized spacial score (nSPS) is 20.1. The molecule has 3 saturated heterocycles. The van der Waals surface area contributed by atoms with Crippen molar-refractivity contribution in [2.24, 2.45) is 0 Å². The molecule has 4 heterocycles. The maximum Gasteiger partial charge on any atom is 0.243 e. The molecule has 35 heavy (non-hydrogen) atoms. The average Bonchev–Trinajstić information content (AvgIpc) is 3.22. The van der Waals surface area contributed by atoms with E-state index < -0.39 is 10.0 Å². The number of aryl methyl sites for hydroxylation is 1. The molecule has 0 aliphatic carbocycles. The molecule has 1 aromatic heterocycles. The van der Waals surface area contributed by atoms with Crippen molar-refractivity contribution < 1.29 is 22.7 Å². The molecule has 2 amide bonds. The molecular formula is C23H28N6O5S. The SMILES string of the molecule is Cc1nc(N2CCOCC2)cc(N2CCN(S(=O)(=O)c3ccc(N4C(=O)CCC4=O)cc3)CC2)n1. The second-order valence-electron chi connectivity index (χ2n) is 8.74. The van der Waals surface area contributed by atoms with E-state index in [-0.39, 0.29) is 29.6 Å². The maximum atomic E-state index is 13.2. The Bertz CT molecular complexity index is 1210. The van der Waals surface area contributed by atoms with Gasteiger partial charge < -0.3 is 14.5 Å². The van der Waals surface area contributed by atoms with Gasteiger partial charge in [-0.3, -0.25) is 14.5 Å². The fourth-order valence-electron chi connectivity index (χ4n) is 4.59. The lowest BCUT2D eigenvalue weighted by atomic mass is 10.3. The van der Waals surface area contributed by atoms with Crippen LogP contribution in [-0.4, -0.2) is 87.0 Å². The molecule has 186 valence electrons. The number of benzene rings is 1. The van der Waals surface area contributed by atoms with E-state index in [4.69, 9.17) is 4.74 Å². The van der Waals surface area contributed by atoms with E-state index in [1.807, 2.05) is 13.0 Å². The zero-order valence-corrected chi connectivity index (χ0v) is 20.4. The second kappa shape index (κ2) is 9.51. The van der Waals surface area contributed by atoms with Gasteiger partial charge in [-0.15, -0.1) is 0 Å². The van der Waals surface area contributed by atoms with E-state index in [2.05, 4.69) is 19.8 Å². The second-order valence-corrected chi connectivity index (χ2v) is 10.7. The number of aromatic nitrogens is 2. The molecule has 5 rings (SSSR count). The molecule has 0 atom stereocenters. The van der Waals surface area contributed by atoms with Crippen LogP contribution in [0.25, 0.3) is 0 Å². The van der Waals surface area contributed by atoms with Crippen LogP contribution in [0.3, 0.4) is 0 Å². The number of rotatable bonds is 5. The van der Waals surface area contributed by atoms with E-state index in [0.717, 1.165) is 29.6 Å². The molecule has 0 spiro atoms. The molecule has 0 unspecified atom stereocenters. The number of hydrogen-bond acceptors (Lipinski definition) is 9. The van der Waals surface area contributed by atoms with Crippen molar-refractivity contribution in [3.63, 3.8) is 0 Å². The Balaban J connectivity index is 1.26. The standard InChI is InChI=1S/C23H28N6O5S/c1-17-24-20(16-21(25-17)27-12-14-34-15-13-27)26-8-10-28(11-9-26)35(32,33)19-4-2-18(3-5-19)29-22(30)6-7-23(29)31/h2-5,16H,6-15H2,1H3. The molecule has 11 nitrogen and oxygen atoms in total. The van der Waals surface area contributed by atoms with Gasteiger partial charge in [-0.05, 0) is 31.2 Å². The predicted molar refractivity (Wildman–Crippen MR) is 129 cm³/mol. The summed E-state index contributed by atoms with van der Waals surface area (Å²) in [5, 5.41) is 0. The van der Waals surface area contributed by atoms with Gasteiger partial charge in [0.2, 0.25) is 21.8 Å². The molecule has 0 radical (unpaired) electrons. The van der Waals surface area contributed by atoms with E-state index >= 15 is 0 Å². The largest absolute Gasteiger partial charge is 0.378 e. The van der Waals surface area contributed by atoms with Crippen LogP contribution in [0.4, 0.5) is 17.3 Å². The third kappa shape index (κ3) is 4.73. The number of imide groups is 1. The zero-order chi connectivity index (χ0) is 24.6. The monoisotopic (exact) mass is 500 g/mol. The minimum Gasteiger partial charge on any atom is -0.378 e. The summed E-state index contributed by atoms with van der Waals surface area (Å²) < 4.78 is 33.3. The zero-order valence-electron chi connectivity index (χ0n) is 19.6. The third-order valence-electron chi connectivity index (χ3n) is 6.49. The van der Waals surface area contributed by atoms with E-state index in [0.29, 0.717) is 50.9 Å². The predicted octanol–water partition coefficient (Wildman–Crippen LogP) is 0.786. The van der Waals surface area contributed by atoms with Gasteiger partial charge in [-0.1, -0.05) is 0 Å². The number of piperazine rings is 1. The Morgan fingerprint density at radius 3 is 1.91 bits per heavy atom. The first-order valence-electron chi connectivity index (χ1n) is 11.7. The highest BCUT2D eigenvalue weighted by Crippen LogP contribution is 2.27. The van der Waals surface area contributed by atoms with Crippen molar-refractivity contribution in [1.82, 2.24) is 14.3 Å². The molecular weight excluding hydrogens is 472 g/mol. The van der Waals surface area contributed by atoms with Gasteiger partial charge in [0.15, 0.2) is 0 Å². The van der Waals surface area contributed by atoms with E-state index in [1.165, 1.54) is 28.6 Å².